The monoisotopic (exact) mass is 480 g/mol. The van der Waals surface area contributed by atoms with Crippen LogP contribution < -0.4 is 10.6 Å². The molecule has 0 spiro atoms. The Morgan fingerprint density at radius 3 is 2.14 bits per heavy atom. The second kappa shape index (κ2) is 12.4. The number of carboxylic acid groups (broad SMARTS) is 1. The van der Waals surface area contributed by atoms with Gasteiger partial charge in [-0.2, -0.15) is 0 Å². The number of alkyl carbamates (subject to hydrolysis) is 1. The second-order valence-electron chi connectivity index (χ2n) is 9.47. The fourth-order valence-corrected chi connectivity index (χ4v) is 4.54. The van der Waals surface area contributed by atoms with Gasteiger partial charge >= 0.3 is 12.1 Å². The van der Waals surface area contributed by atoms with Gasteiger partial charge in [0.05, 0.1) is 0 Å². The number of rotatable bonds is 12. The summed E-state index contributed by atoms with van der Waals surface area (Å²) in [6.45, 7) is 6.08. The van der Waals surface area contributed by atoms with Crippen molar-refractivity contribution < 1.29 is 24.2 Å². The number of nitrogens with one attached hydrogen (secondary N) is 2. The number of carboxylic acids is 1. The molecule has 1 aliphatic carbocycles. The molecule has 0 aliphatic heterocycles. The molecule has 35 heavy (non-hydrogen) atoms. The number of carbonyl (C=O) groups is 3. The Balaban J connectivity index is 1.41. The topological polar surface area (TPSA) is 105 Å². The van der Waals surface area contributed by atoms with E-state index in [-0.39, 0.29) is 36.8 Å². The van der Waals surface area contributed by atoms with Crippen LogP contribution in [0, 0.1) is 5.92 Å². The van der Waals surface area contributed by atoms with Gasteiger partial charge in [0, 0.05) is 18.4 Å². The van der Waals surface area contributed by atoms with Crippen molar-refractivity contribution in [3.63, 3.8) is 0 Å². The van der Waals surface area contributed by atoms with Crippen molar-refractivity contribution in [1.82, 2.24) is 10.6 Å². The zero-order valence-corrected chi connectivity index (χ0v) is 20.8. The highest BCUT2D eigenvalue weighted by Gasteiger charge is 2.29. The van der Waals surface area contributed by atoms with Crippen LogP contribution in [0.3, 0.4) is 0 Å². The average molecular weight is 481 g/mol. The Kier molecular flexibility index (Phi) is 9.29. The van der Waals surface area contributed by atoms with Gasteiger partial charge in [0.15, 0.2) is 0 Å². The number of fused-ring (bicyclic) bond motifs is 3. The lowest BCUT2D eigenvalue weighted by atomic mass is 9.98. The first-order valence-corrected chi connectivity index (χ1v) is 12.4. The molecule has 0 saturated carbocycles. The first-order chi connectivity index (χ1) is 16.8. The fourth-order valence-electron chi connectivity index (χ4n) is 4.54. The molecular weight excluding hydrogens is 444 g/mol. The van der Waals surface area contributed by atoms with Crippen molar-refractivity contribution >= 4 is 18.0 Å². The van der Waals surface area contributed by atoms with E-state index in [2.05, 4.69) is 34.9 Å². The molecule has 0 saturated heterocycles. The molecule has 1 aliphatic rings. The Labute approximate surface area is 207 Å². The first kappa shape index (κ1) is 26.3. The highest BCUT2D eigenvalue weighted by Crippen LogP contribution is 2.44. The molecule has 0 radical (unpaired) electrons. The summed E-state index contributed by atoms with van der Waals surface area (Å²) in [7, 11) is 0. The summed E-state index contributed by atoms with van der Waals surface area (Å²) in [6, 6.07) is 15.3. The maximum absolute atomic E-state index is 12.4. The predicted octanol–water partition coefficient (Wildman–Crippen LogP) is 5.09. The van der Waals surface area contributed by atoms with E-state index < -0.39 is 18.1 Å². The molecule has 0 heterocycles. The lowest BCUT2D eigenvalue weighted by Gasteiger charge is -2.19. The molecule has 0 aromatic heterocycles. The van der Waals surface area contributed by atoms with Gasteiger partial charge in [-0.05, 0) is 54.4 Å². The van der Waals surface area contributed by atoms with Crippen molar-refractivity contribution in [2.24, 2.45) is 5.92 Å². The van der Waals surface area contributed by atoms with Crippen LogP contribution in [0.5, 0.6) is 0 Å². The minimum absolute atomic E-state index is 0.00441. The molecule has 2 amide bonds. The molecule has 3 N–H and O–H groups in total. The first-order valence-electron chi connectivity index (χ1n) is 12.4. The lowest BCUT2D eigenvalue weighted by molar-refractivity contribution is -0.142. The largest absolute Gasteiger partial charge is 0.480 e. The highest BCUT2D eigenvalue weighted by atomic mass is 16.5. The second-order valence-corrected chi connectivity index (χ2v) is 9.47. The minimum atomic E-state index is -1.01. The third-order valence-corrected chi connectivity index (χ3v) is 6.72. The van der Waals surface area contributed by atoms with E-state index >= 15 is 0 Å². The zero-order valence-electron chi connectivity index (χ0n) is 20.8. The third-order valence-electron chi connectivity index (χ3n) is 6.72. The van der Waals surface area contributed by atoms with E-state index in [0.29, 0.717) is 19.3 Å². The molecule has 3 atom stereocenters. The number of hydrogen-bond acceptors (Lipinski definition) is 4. The number of benzene rings is 2. The smallest absolute Gasteiger partial charge is 0.407 e. The molecule has 0 fully saturated rings. The van der Waals surface area contributed by atoms with Crippen LogP contribution in [0.2, 0.25) is 0 Å². The molecule has 7 heteroatoms. The highest BCUT2D eigenvalue weighted by molar-refractivity contribution is 5.83. The van der Waals surface area contributed by atoms with E-state index in [1.165, 1.54) is 11.1 Å². The quantitative estimate of drug-likeness (QED) is 0.392. The lowest BCUT2D eigenvalue weighted by Crippen LogP contribution is -2.41. The van der Waals surface area contributed by atoms with Crippen LogP contribution in [0.25, 0.3) is 11.1 Å². The van der Waals surface area contributed by atoms with Gasteiger partial charge in [-0.25, -0.2) is 9.59 Å². The van der Waals surface area contributed by atoms with E-state index in [1.807, 2.05) is 45.0 Å². The zero-order chi connectivity index (χ0) is 25.4. The summed E-state index contributed by atoms with van der Waals surface area (Å²) >= 11 is 0. The van der Waals surface area contributed by atoms with Crippen LogP contribution in [0.15, 0.2) is 48.5 Å². The Morgan fingerprint density at radius 1 is 0.971 bits per heavy atom. The van der Waals surface area contributed by atoms with Gasteiger partial charge in [-0.1, -0.05) is 68.8 Å². The van der Waals surface area contributed by atoms with E-state index in [0.717, 1.165) is 17.5 Å². The summed E-state index contributed by atoms with van der Waals surface area (Å²) in [5.74, 6) is -1.07. The van der Waals surface area contributed by atoms with Crippen LogP contribution in [-0.4, -0.2) is 41.8 Å². The molecule has 0 bridgehead atoms. The number of ether oxygens (including phenoxy) is 1. The van der Waals surface area contributed by atoms with E-state index in [1.54, 1.807) is 0 Å². The molecular formula is C28H36N2O5. The van der Waals surface area contributed by atoms with Crippen molar-refractivity contribution in [1.29, 1.82) is 0 Å². The summed E-state index contributed by atoms with van der Waals surface area (Å²) < 4.78 is 5.57. The van der Waals surface area contributed by atoms with Gasteiger partial charge in [-0.15, -0.1) is 0 Å². The predicted molar refractivity (Wildman–Crippen MR) is 135 cm³/mol. The summed E-state index contributed by atoms with van der Waals surface area (Å²) in [5, 5.41) is 14.8. The van der Waals surface area contributed by atoms with Crippen LogP contribution in [0.1, 0.15) is 69.9 Å². The van der Waals surface area contributed by atoms with Gasteiger partial charge in [0.25, 0.3) is 0 Å². The normalized spacial score (nSPS) is 14.8. The van der Waals surface area contributed by atoms with Gasteiger partial charge < -0.3 is 20.5 Å². The fraction of sp³-hybridized carbons (Fsp3) is 0.464. The molecule has 7 nitrogen and oxygen atoms in total. The van der Waals surface area contributed by atoms with Crippen molar-refractivity contribution in [3.8, 4) is 11.1 Å². The molecule has 2 aromatic carbocycles. The van der Waals surface area contributed by atoms with Crippen molar-refractivity contribution in [3.05, 3.63) is 59.7 Å². The molecule has 3 rings (SSSR count). The molecule has 188 valence electrons. The van der Waals surface area contributed by atoms with E-state index in [9.17, 15) is 19.5 Å². The summed E-state index contributed by atoms with van der Waals surface area (Å²) in [6.07, 6.45) is 2.12. The van der Waals surface area contributed by atoms with Crippen LogP contribution in [-0.2, 0) is 14.3 Å². The maximum Gasteiger partial charge on any atom is 0.407 e. The number of aliphatic carboxylic acids is 1. The van der Waals surface area contributed by atoms with Crippen molar-refractivity contribution in [2.45, 2.75) is 70.9 Å². The van der Waals surface area contributed by atoms with Gasteiger partial charge in [0.1, 0.15) is 12.6 Å². The van der Waals surface area contributed by atoms with Crippen LogP contribution >= 0.6 is 0 Å². The Bertz CT molecular complexity index is 992. The Morgan fingerprint density at radius 2 is 1.57 bits per heavy atom. The third kappa shape index (κ3) is 7.07. The SMILES string of the molecule is CCC(C)CC(NC(=O)CCCC(C)NC(=O)OCC1c2ccccc2-c2ccccc21)C(=O)O. The van der Waals surface area contributed by atoms with Crippen molar-refractivity contribution in [2.75, 3.05) is 6.61 Å². The Hall–Kier alpha value is -3.35. The molecule has 3 unspecified atom stereocenters. The average Bonchev–Trinajstić information content (AvgIpc) is 3.15. The number of amides is 2. The maximum atomic E-state index is 12.4. The van der Waals surface area contributed by atoms with Crippen LogP contribution in [0.4, 0.5) is 4.79 Å². The molecule has 2 aromatic rings. The summed E-state index contributed by atoms with van der Waals surface area (Å²) in [5.41, 5.74) is 4.68. The van der Waals surface area contributed by atoms with E-state index in [4.69, 9.17) is 4.74 Å². The standard InChI is InChI=1S/C28H36N2O5/c1-4-18(2)16-25(27(32)33)30-26(31)15-9-10-19(3)29-28(34)35-17-24-22-13-7-5-11-20(22)21-12-6-8-14-23(21)24/h5-8,11-14,18-19,24-25H,4,9-10,15-17H2,1-3H3,(H,29,34)(H,30,31)(H,32,33). The van der Waals surface area contributed by atoms with Gasteiger partial charge in [0.2, 0.25) is 5.91 Å². The van der Waals surface area contributed by atoms with Gasteiger partial charge in [-0.3, -0.25) is 4.79 Å². The summed E-state index contributed by atoms with van der Waals surface area (Å²) in [4.78, 5) is 36.0. The number of carbonyl (C=O) groups excluding carboxylic acids is 2. The number of hydrogen-bond donors (Lipinski definition) is 3. The minimum Gasteiger partial charge on any atom is -0.480 e.